The van der Waals surface area contributed by atoms with Gasteiger partial charge in [0.15, 0.2) is 0 Å². The van der Waals surface area contributed by atoms with Crippen LogP contribution >= 0.6 is 0 Å². The Morgan fingerprint density at radius 3 is 2.82 bits per heavy atom. The van der Waals surface area contributed by atoms with Crippen LogP contribution in [0.25, 0.3) is 10.9 Å². The Morgan fingerprint density at radius 2 is 2.06 bits per heavy atom. The van der Waals surface area contributed by atoms with Crippen LogP contribution in [0.3, 0.4) is 0 Å². The van der Waals surface area contributed by atoms with Crippen molar-refractivity contribution in [3.8, 4) is 0 Å². The smallest absolute Gasteiger partial charge is 0.0702 e. The molecule has 0 fully saturated rings. The molecule has 2 nitrogen and oxygen atoms in total. The van der Waals surface area contributed by atoms with E-state index in [1.165, 1.54) is 10.9 Å². The lowest BCUT2D eigenvalue weighted by molar-refractivity contribution is 0.469. The second kappa shape index (κ2) is 4.84. The fourth-order valence-electron chi connectivity index (χ4n) is 2.08. The normalized spacial score (nSPS) is 11.9. The number of pyridine rings is 1. The first kappa shape index (κ1) is 12.1. The molecule has 0 radical (unpaired) electrons. The zero-order chi connectivity index (χ0) is 12.3. The van der Waals surface area contributed by atoms with Gasteiger partial charge in [0.1, 0.15) is 0 Å². The second-order valence-corrected chi connectivity index (χ2v) is 5.15. The molecular formula is C15H20N2. The maximum atomic E-state index is 4.35. The molecule has 2 heteroatoms. The number of rotatable bonds is 4. The number of nitrogens with zero attached hydrogens (tertiary/aromatic N) is 1. The Balaban J connectivity index is 2.35. The molecule has 90 valence electrons. The van der Waals surface area contributed by atoms with Gasteiger partial charge in [0, 0.05) is 11.6 Å². The van der Waals surface area contributed by atoms with E-state index in [4.69, 9.17) is 0 Å². The average molecular weight is 228 g/mol. The van der Waals surface area contributed by atoms with Crippen LogP contribution in [0.5, 0.6) is 0 Å². The van der Waals surface area contributed by atoms with Crippen molar-refractivity contribution in [1.29, 1.82) is 0 Å². The molecule has 0 saturated carbocycles. The summed E-state index contributed by atoms with van der Waals surface area (Å²) in [5.41, 5.74) is 2.65. The van der Waals surface area contributed by atoms with Crippen LogP contribution in [0.1, 0.15) is 25.8 Å². The second-order valence-electron chi connectivity index (χ2n) is 5.15. The quantitative estimate of drug-likeness (QED) is 0.869. The highest BCUT2D eigenvalue weighted by Crippen LogP contribution is 2.28. The minimum Gasteiger partial charge on any atom is -0.320 e. The predicted octanol–water partition coefficient (Wildman–Crippen LogP) is 3.12. The number of hydrogen-bond donors (Lipinski definition) is 1. The van der Waals surface area contributed by atoms with E-state index in [0.29, 0.717) is 0 Å². The average Bonchev–Trinajstić information content (AvgIpc) is 2.36. The third-order valence-electron chi connectivity index (χ3n) is 3.38. The molecule has 0 unspecified atom stereocenters. The van der Waals surface area contributed by atoms with Gasteiger partial charge in [-0.1, -0.05) is 26.0 Å². The number of benzene rings is 1. The van der Waals surface area contributed by atoms with Gasteiger partial charge in [-0.25, -0.2) is 0 Å². The molecule has 0 spiro atoms. The van der Waals surface area contributed by atoms with Gasteiger partial charge in [-0.2, -0.15) is 0 Å². The van der Waals surface area contributed by atoms with Gasteiger partial charge < -0.3 is 5.32 Å². The van der Waals surface area contributed by atoms with Crippen molar-refractivity contribution >= 4 is 10.9 Å². The molecule has 2 aromatic rings. The maximum Gasteiger partial charge on any atom is 0.0702 e. The van der Waals surface area contributed by atoms with E-state index >= 15 is 0 Å². The Labute approximate surface area is 103 Å². The van der Waals surface area contributed by atoms with E-state index in [1.807, 2.05) is 19.3 Å². The van der Waals surface area contributed by atoms with Crippen LogP contribution in [-0.4, -0.2) is 18.6 Å². The number of aromatic nitrogens is 1. The third-order valence-corrected chi connectivity index (χ3v) is 3.38. The summed E-state index contributed by atoms with van der Waals surface area (Å²) in [4.78, 5) is 4.35. The van der Waals surface area contributed by atoms with E-state index in [1.54, 1.807) is 0 Å². The number of fused-ring (bicyclic) bond motifs is 1. The Kier molecular flexibility index (Phi) is 3.43. The van der Waals surface area contributed by atoms with Gasteiger partial charge in [-0.05, 0) is 49.2 Å². The van der Waals surface area contributed by atoms with Crippen LogP contribution in [0.2, 0.25) is 0 Å². The first-order valence-corrected chi connectivity index (χ1v) is 6.13. The zero-order valence-electron chi connectivity index (χ0n) is 10.8. The Hall–Kier alpha value is -1.41. The van der Waals surface area contributed by atoms with E-state index in [9.17, 15) is 0 Å². The van der Waals surface area contributed by atoms with Crippen molar-refractivity contribution in [3.63, 3.8) is 0 Å². The molecule has 0 atom stereocenters. The highest BCUT2D eigenvalue weighted by molar-refractivity contribution is 5.79. The van der Waals surface area contributed by atoms with Crippen LogP contribution in [0.15, 0.2) is 36.5 Å². The molecule has 0 saturated heterocycles. The van der Waals surface area contributed by atoms with Gasteiger partial charge in [0.05, 0.1) is 5.52 Å². The summed E-state index contributed by atoms with van der Waals surface area (Å²) in [6, 6.07) is 10.7. The monoisotopic (exact) mass is 228 g/mol. The van der Waals surface area contributed by atoms with Gasteiger partial charge in [0.2, 0.25) is 0 Å². The predicted molar refractivity (Wildman–Crippen MR) is 73.3 cm³/mol. The molecule has 1 aromatic heterocycles. The van der Waals surface area contributed by atoms with Gasteiger partial charge in [-0.15, -0.1) is 0 Å². The van der Waals surface area contributed by atoms with Crippen molar-refractivity contribution in [2.24, 2.45) is 0 Å². The van der Waals surface area contributed by atoms with Crippen molar-refractivity contribution < 1.29 is 0 Å². The van der Waals surface area contributed by atoms with E-state index < -0.39 is 0 Å². The lowest BCUT2D eigenvalue weighted by Gasteiger charge is -2.25. The summed E-state index contributed by atoms with van der Waals surface area (Å²) < 4.78 is 0. The number of nitrogens with one attached hydrogen (secondary N) is 1. The molecule has 1 N–H and O–H groups in total. The molecule has 0 aliphatic carbocycles. The van der Waals surface area contributed by atoms with Crippen molar-refractivity contribution in [3.05, 3.63) is 42.1 Å². The fourth-order valence-corrected chi connectivity index (χ4v) is 2.08. The number of hydrogen-bond acceptors (Lipinski definition) is 2. The summed E-state index contributed by atoms with van der Waals surface area (Å²) in [7, 11) is 2.00. The Bertz CT molecular complexity index is 503. The fraction of sp³-hybridized carbons (Fsp3) is 0.400. The highest BCUT2D eigenvalue weighted by Gasteiger charge is 2.19. The molecule has 0 aliphatic rings. The standard InChI is InChI=1S/C15H20N2/c1-15(2,8-10-16-3)13-6-7-14-12(11-13)5-4-9-17-14/h4-7,9,11,16H,8,10H2,1-3H3. The Morgan fingerprint density at radius 1 is 1.24 bits per heavy atom. The van der Waals surface area contributed by atoms with Crippen LogP contribution in [0.4, 0.5) is 0 Å². The lowest BCUT2D eigenvalue weighted by Crippen LogP contribution is -2.23. The van der Waals surface area contributed by atoms with E-state index in [-0.39, 0.29) is 5.41 Å². The molecule has 0 bridgehead atoms. The van der Waals surface area contributed by atoms with Gasteiger partial charge >= 0.3 is 0 Å². The molecule has 2 rings (SSSR count). The summed E-state index contributed by atoms with van der Waals surface area (Å²) in [6.45, 7) is 5.63. The molecule has 17 heavy (non-hydrogen) atoms. The minimum absolute atomic E-state index is 0.201. The first-order chi connectivity index (χ1) is 8.13. The van der Waals surface area contributed by atoms with Gasteiger partial charge in [-0.3, -0.25) is 4.98 Å². The maximum absolute atomic E-state index is 4.35. The zero-order valence-corrected chi connectivity index (χ0v) is 10.8. The molecule has 0 amide bonds. The summed E-state index contributed by atoms with van der Waals surface area (Å²) in [5.74, 6) is 0. The summed E-state index contributed by atoms with van der Waals surface area (Å²) in [5, 5.41) is 4.44. The van der Waals surface area contributed by atoms with Crippen molar-refractivity contribution in [2.45, 2.75) is 25.7 Å². The lowest BCUT2D eigenvalue weighted by atomic mass is 9.81. The largest absolute Gasteiger partial charge is 0.320 e. The summed E-state index contributed by atoms with van der Waals surface area (Å²) in [6.07, 6.45) is 2.98. The van der Waals surface area contributed by atoms with Crippen molar-refractivity contribution in [2.75, 3.05) is 13.6 Å². The topological polar surface area (TPSA) is 24.9 Å². The highest BCUT2D eigenvalue weighted by atomic mass is 14.8. The van der Waals surface area contributed by atoms with Crippen LogP contribution < -0.4 is 5.32 Å². The first-order valence-electron chi connectivity index (χ1n) is 6.13. The van der Waals surface area contributed by atoms with Gasteiger partial charge in [0.25, 0.3) is 0 Å². The molecule has 1 heterocycles. The van der Waals surface area contributed by atoms with Crippen LogP contribution in [0, 0.1) is 0 Å². The van der Waals surface area contributed by atoms with E-state index in [2.05, 4.69) is 48.4 Å². The minimum atomic E-state index is 0.201. The molecule has 1 aromatic carbocycles. The molecule has 0 aliphatic heterocycles. The van der Waals surface area contributed by atoms with E-state index in [0.717, 1.165) is 18.5 Å². The third kappa shape index (κ3) is 2.64. The van der Waals surface area contributed by atoms with Crippen LogP contribution in [-0.2, 0) is 5.41 Å². The molecular weight excluding hydrogens is 208 g/mol. The summed E-state index contributed by atoms with van der Waals surface area (Å²) >= 11 is 0. The van der Waals surface area contributed by atoms with Crippen molar-refractivity contribution in [1.82, 2.24) is 10.3 Å². The SMILES string of the molecule is CNCCC(C)(C)c1ccc2ncccc2c1.